The Hall–Kier alpha value is -4.14. The van der Waals surface area contributed by atoms with Crippen LogP contribution in [0.3, 0.4) is 0 Å². The first kappa shape index (κ1) is 25.5. The van der Waals surface area contributed by atoms with Gasteiger partial charge in [0.1, 0.15) is 29.1 Å². The van der Waals surface area contributed by atoms with E-state index in [9.17, 15) is 19.2 Å². The summed E-state index contributed by atoms with van der Waals surface area (Å²) in [5, 5.41) is 3.17. The van der Waals surface area contributed by atoms with Crippen LogP contribution in [0.2, 0.25) is 0 Å². The SMILES string of the molecule is CC(=O)OCc1ccc2oc(=O)c(C(=O)Oc3ccc(CCNC(=O)OC(C)(C)C)cc3)cc2c1. The lowest BCUT2D eigenvalue weighted by Gasteiger charge is -2.19. The molecule has 184 valence electrons. The van der Waals surface area contributed by atoms with Crippen molar-refractivity contribution < 1.29 is 33.0 Å². The lowest BCUT2D eigenvalue weighted by atomic mass is 10.1. The minimum absolute atomic E-state index is 0.0593. The molecule has 0 saturated heterocycles. The van der Waals surface area contributed by atoms with Crippen LogP contribution < -0.4 is 15.7 Å². The Bertz CT molecular complexity index is 1290. The van der Waals surface area contributed by atoms with Gasteiger partial charge in [-0.1, -0.05) is 18.2 Å². The third-order valence-electron chi connectivity index (χ3n) is 4.67. The first-order valence-corrected chi connectivity index (χ1v) is 11.0. The molecule has 9 heteroatoms. The Morgan fingerprint density at radius 3 is 2.31 bits per heavy atom. The van der Waals surface area contributed by atoms with Gasteiger partial charge in [0.05, 0.1) is 0 Å². The number of hydrogen-bond donors (Lipinski definition) is 1. The molecule has 0 spiro atoms. The van der Waals surface area contributed by atoms with Gasteiger partial charge in [-0.3, -0.25) is 4.79 Å². The summed E-state index contributed by atoms with van der Waals surface area (Å²) in [6, 6.07) is 13.0. The number of carbonyl (C=O) groups is 3. The summed E-state index contributed by atoms with van der Waals surface area (Å²) in [5.74, 6) is -1.02. The van der Waals surface area contributed by atoms with E-state index in [1.54, 1.807) is 63.2 Å². The highest BCUT2D eigenvalue weighted by Gasteiger charge is 2.17. The summed E-state index contributed by atoms with van der Waals surface area (Å²) in [7, 11) is 0. The number of rotatable bonds is 7. The molecule has 2 aromatic carbocycles. The normalized spacial score (nSPS) is 11.1. The van der Waals surface area contributed by atoms with Gasteiger partial charge in [-0.15, -0.1) is 0 Å². The number of alkyl carbamates (subject to hydrolysis) is 1. The average molecular weight is 482 g/mol. The standard InChI is InChI=1S/C26H27NO8/c1-16(28)32-15-18-7-10-22-19(13-18)14-21(24(30)34-22)23(29)33-20-8-5-17(6-9-20)11-12-27-25(31)35-26(2,3)4/h5-10,13-14H,11-12,15H2,1-4H3,(H,27,31). The predicted molar refractivity (Wildman–Crippen MR) is 127 cm³/mol. The fraction of sp³-hybridized carbons (Fsp3) is 0.308. The smallest absolute Gasteiger partial charge is 0.407 e. The van der Waals surface area contributed by atoms with Crippen molar-refractivity contribution in [3.63, 3.8) is 0 Å². The highest BCUT2D eigenvalue weighted by Crippen LogP contribution is 2.19. The van der Waals surface area contributed by atoms with Crippen molar-refractivity contribution in [1.29, 1.82) is 0 Å². The Morgan fingerprint density at radius 2 is 1.66 bits per heavy atom. The maximum absolute atomic E-state index is 12.6. The molecule has 1 aromatic heterocycles. The lowest BCUT2D eigenvalue weighted by molar-refractivity contribution is -0.142. The number of carbonyl (C=O) groups excluding carboxylic acids is 3. The van der Waals surface area contributed by atoms with Gasteiger partial charge in [0.15, 0.2) is 0 Å². The fourth-order valence-corrected chi connectivity index (χ4v) is 3.10. The second-order valence-corrected chi connectivity index (χ2v) is 8.81. The van der Waals surface area contributed by atoms with Crippen molar-refractivity contribution in [2.75, 3.05) is 6.54 Å². The summed E-state index contributed by atoms with van der Waals surface area (Å²) < 4.78 is 20.7. The van der Waals surface area contributed by atoms with Gasteiger partial charge in [0, 0.05) is 18.9 Å². The van der Waals surface area contributed by atoms with Gasteiger partial charge in [-0.2, -0.15) is 0 Å². The van der Waals surface area contributed by atoms with E-state index in [0.717, 1.165) is 5.56 Å². The molecular formula is C26H27NO8. The molecule has 1 heterocycles. The van der Waals surface area contributed by atoms with E-state index in [0.29, 0.717) is 29.5 Å². The summed E-state index contributed by atoms with van der Waals surface area (Å²) in [6.07, 6.45) is 0.0630. The van der Waals surface area contributed by atoms with Crippen LogP contribution in [-0.4, -0.2) is 30.2 Å². The maximum atomic E-state index is 12.6. The summed E-state index contributed by atoms with van der Waals surface area (Å²) in [4.78, 5) is 47.6. The molecule has 0 unspecified atom stereocenters. The summed E-state index contributed by atoms with van der Waals surface area (Å²) in [5.41, 5.74) is 0.240. The molecule has 0 aliphatic rings. The number of ether oxygens (including phenoxy) is 3. The molecule has 3 rings (SSSR count). The zero-order valence-corrected chi connectivity index (χ0v) is 20.0. The Balaban J connectivity index is 1.63. The number of esters is 2. The van der Waals surface area contributed by atoms with Gasteiger partial charge in [0.2, 0.25) is 0 Å². The monoisotopic (exact) mass is 481 g/mol. The molecule has 0 radical (unpaired) electrons. The molecular weight excluding hydrogens is 454 g/mol. The number of amides is 1. The van der Waals surface area contributed by atoms with E-state index in [2.05, 4.69) is 5.32 Å². The van der Waals surface area contributed by atoms with E-state index in [4.69, 9.17) is 18.6 Å². The average Bonchev–Trinajstić information content (AvgIpc) is 2.77. The van der Waals surface area contributed by atoms with Gasteiger partial charge in [0.25, 0.3) is 0 Å². The highest BCUT2D eigenvalue weighted by molar-refractivity contribution is 5.94. The Kier molecular flexibility index (Phi) is 7.91. The molecule has 9 nitrogen and oxygen atoms in total. The minimum Gasteiger partial charge on any atom is -0.461 e. The van der Waals surface area contributed by atoms with Gasteiger partial charge >= 0.3 is 23.7 Å². The van der Waals surface area contributed by atoms with Crippen LogP contribution in [0.1, 0.15) is 49.2 Å². The largest absolute Gasteiger partial charge is 0.461 e. The number of hydrogen-bond acceptors (Lipinski definition) is 8. The molecule has 0 bridgehead atoms. The number of fused-ring (bicyclic) bond motifs is 1. The highest BCUT2D eigenvalue weighted by atomic mass is 16.6. The molecule has 0 aliphatic carbocycles. The molecule has 0 saturated carbocycles. The van der Waals surface area contributed by atoms with Crippen LogP contribution in [0.15, 0.2) is 57.7 Å². The quantitative estimate of drug-likeness (QED) is 0.304. The molecule has 0 fully saturated rings. The van der Waals surface area contributed by atoms with E-state index in [-0.39, 0.29) is 17.9 Å². The van der Waals surface area contributed by atoms with E-state index >= 15 is 0 Å². The second kappa shape index (κ2) is 10.9. The predicted octanol–water partition coefficient (Wildman–Crippen LogP) is 4.14. The van der Waals surface area contributed by atoms with Crippen LogP contribution in [-0.2, 0) is 27.3 Å². The summed E-state index contributed by atoms with van der Waals surface area (Å²) >= 11 is 0. The third kappa shape index (κ3) is 7.70. The third-order valence-corrected chi connectivity index (χ3v) is 4.67. The Labute approximate surface area is 202 Å². The zero-order valence-electron chi connectivity index (χ0n) is 20.0. The first-order valence-electron chi connectivity index (χ1n) is 11.0. The first-order chi connectivity index (χ1) is 16.5. The molecule has 1 N–H and O–H groups in total. The maximum Gasteiger partial charge on any atom is 0.407 e. The molecule has 1 amide bonds. The van der Waals surface area contributed by atoms with Gasteiger partial charge in [-0.25, -0.2) is 14.4 Å². The fourth-order valence-electron chi connectivity index (χ4n) is 3.10. The zero-order chi connectivity index (χ0) is 25.6. The van der Waals surface area contributed by atoms with Crippen LogP contribution in [0.4, 0.5) is 4.79 Å². The van der Waals surface area contributed by atoms with Gasteiger partial charge < -0.3 is 23.9 Å². The van der Waals surface area contributed by atoms with Gasteiger partial charge in [-0.05, 0) is 68.7 Å². The van der Waals surface area contributed by atoms with Crippen molar-refractivity contribution in [3.8, 4) is 5.75 Å². The van der Waals surface area contributed by atoms with Crippen molar-refractivity contribution in [2.24, 2.45) is 0 Å². The summed E-state index contributed by atoms with van der Waals surface area (Å²) in [6.45, 7) is 7.11. The minimum atomic E-state index is -0.856. The van der Waals surface area contributed by atoms with Crippen molar-refractivity contribution in [1.82, 2.24) is 5.32 Å². The van der Waals surface area contributed by atoms with Crippen LogP contribution in [0.25, 0.3) is 11.0 Å². The van der Waals surface area contributed by atoms with Crippen molar-refractivity contribution in [3.05, 3.63) is 75.6 Å². The number of nitrogens with one attached hydrogen (secondary N) is 1. The van der Waals surface area contributed by atoms with Crippen LogP contribution in [0.5, 0.6) is 5.75 Å². The Morgan fingerprint density at radius 1 is 0.971 bits per heavy atom. The van der Waals surface area contributed by atoms with Crippen molar-refractivity contribution >= 4 is 29.0 Å². The van der Waals surface area contributed by atoms with Crippen molar-refractivity contribution in [2.45, 2.75) is 46.3 Å². The molecule has 0 aliphatic heterocycles. The van der Waals surface area contributed by atoms with Crippen LogP contribution >= 0.6 is 0 Å². The second-order valence-electron chi connectivity index (χ2n) is 8.81. The van der Waals surface area contributed by atoms with E-state index in [1.807, 2.05) is 0 Å². The topological polar surface area (TPSA) is 121 Å². The van der Waals surface area contributed by atoms with E-state index < -0.39 is 29.3 Å². The molecule has 0 atom stereocenters. The number of benzene rings is 2. The van der Waals surface area contributed by atoms with E-state index in [1.165, 1.54) is 13.0 Å². The molecule has 3 aromatic rings. The lowest BCUT2D eigenvalue weighted by Crippen LogP contribution is -2.33. The van der Waals surface area contributed by atoms with Crippen LogP contribution in [0, 0.1) is 0 Å². The molecule has 35 heavy (non-hydrogen) atoms.